The van der Waals surface area contributed by atoms with Gasteiger partial charge in [0.15, 0.2) is 6.61 Å². The van der Waals surface area contributed by atoms with Crippen LogP contribution in [0.15, 0.2) is 35.7 Å². The number of aryl methyl sites for hydroxylation is 1. The van der Waals surface area contributed by atoms with Crippen LogP contribution in [0.25, 0.3) is 0 Å². The second-order valence-corrected chi connectivity index (χ2v) is 5.61. The van der Waals surface area contributed by atoms with Crippen molar-refractivity contribution in [3.05, 3.63) is 61.8 Å². The van der Waals surface area contributed by atoms with Gasteiger partial charge in [0.25, 0.3) is 17.5 Å². The van der Waals surface area contributed by atoms with Crippen molar-refractivity contribution in [3.8, 4) is 0 Å². The van der Waals surface area contributed by atoms with Crippen LogP contribution in [0.3, 0.4) is 0 Å². The molecule has 2 amide bonds. The molecule has 124 valence electrons. The first-order chi connectivity index (χ1) is 11.4. The maximum absolute atomic E-state index is 12.0. The van der Waals surface area contributed by atoms with Crippen molar-refractivity contribution in [2.45, 2.75) is 6.92 Å². The molecule has 0 aliphatic rings. The standard InChI is InChI=1S/C15H12N2O6S/c1-9-4-2-5-10(13(9)17(21)22)15(20)23-8-12(18)16-14(19)11-6-3-7-24-11/h2-7H,8H2,1H3,(H,16,18,19). The van der Waals surface area contributed by atoms with Gasteiger partial charge in [0.1, 0.15) is 5.56 Å². The molecule has 8 nitrogen and oxygen atoms in total. The third-order valence-corrected chi connectivity index (χ3v) is 3.84. The van der Waals surface area contributed by atoms with E-state index in [2.05, 4.69) is 5.32 Å². The molecule has 0 aliphatic carbocycles. The van der Waals surface area contributed by atoms with Crippen LogP contribution in [-0.4, -0.2) is 29.3 Å². The summed E-state index contributed by atoms with van der Waals surface area (Å²) in [6, 6.07) is 7.39. The monoisotopic (exact) mass is 348 g/mol. The molecule has 0 bridgehead atoms. The number of hydrogen-bond donors (Lipinski definition) is 1. The summed E-state index contributed by atoms with van der Waals surface area (Å²) >= 11 is 1.15. The Balaban J connectivity index is 1.99. The molecule has 2 aromatic rings. The second kappa shape index (κ2) is 7.47. The smallest absolute Gasteiger partial charge is 0.345 e. The van der Waals surface area contributed by atoms with E-state index >= 15 is 0 Å². The minimum absolute atomic E-state index is 0.252. The quantitative estimate of drug-likeness (QED) is 0.502. The van der Waals surface area contributed by atoms with Gasteiger partial charge in [-0.1, -0.05) is 18.2 Å². The van der Waals surface area contributed by atoms with Crippen LogP contribution < -0.4 is 5.32 Å². The van der Waals surface area contributed by atoms with Gasteiger partial charge in [-0.25, -0.2) is 4.79 Å². The van der Waals surface area contributed by atoms with E-state index in [1.807, 2.05) is 0 Å². The molecule has 1 aromatic carbocycles. The third-order valence-electron chi connectivity index (χ3n) is 2.97. The van der Waals surface area contributed by atoms with Crippen molar-refractivity contribution >= 4 is 34.8 Å². The summed E-state index contributed by atoms with van der Waals surface area (Å²) in [6.45, 7) is 0.766. The van der Waals surface area contributed by atoms with Gasteiger partial charge in [0.05, 0.1) is 9.80 Å². The first kappa shape index (κ1) is 17.3. The van der Waals surface area contributed by atoms with E-state index in [-0.39, 0.29) is 11.3 Å². The Morgan fingerprint density at radius 1 is 1.25 bits per heavy atom. The molecular weight excluding hydrogens is 336 g/mol. The van der Waals surface area contributed by atoms with Gasteiger partial charge in [-0.15, -0.1) is 11.3 Å². The Hall–Kier alpha value is -3.07. The number of carbonyl (C=O) groups is 3. The van der Waals surface area contributed by atoms with Crippen molar-refractivity contribution in [3.63, 3.8) is 0 Å². The van der Waals surface area contributed by atoms with Crippen LogP contribution in [0, 0.1) is 17.0 Å². The predicted octanol–water partition coefficient (Wildman–Crippen LogP) is 2.08. The normalized spacial score (nSPS) is 10.0. The van der Waals surface area contributed by atoms with Gasteiger partial charge >= 0.3 is 5.97 Å². The van der Waals surface area contributed by atoms with Crippen LogP contribution in [0.4, 0.5) is 5.69 Å². The minimum atomic E-state index is -1.01. The molecule has 0 fully saturated rings. The number of benzene rings is 1. The molecule has 0 saturated carbocycles. The maximum Gasteiger partial charge on any atom is 0.345 e. The molecule has 9 heteroatoms. The van der Waals surface area contributed by atoms with Crippen LogP contribution in [0.2, 0.25) is 0 Å². The highest BCUT2D eigenvalue weighted by Crippen LogP contribution is 2.23. The molecule has 0 atom stereocenters. The van der Waals surface area contributed by atoms with Gasteiger partial charge in [-0.2, -0.15) is 0 Å². The molecule has 0 saturated heterocycles. The van der Waals surface area contributed by atoms with Gasteiger partial charge in [0, 0.05) is 5.56 Å². The number of ether oxygens (including phenoxy) is 1. The summed E-state index contributed by atoms with van der Waals surface area (Å²) in [6.07, 6.45) is 0. The number of hydrogen-bond acceptors (Lipinski definition) is 7. The largest absolute Gasteiger partial charge is 0.452 e. The van der Waals surface area contributed by atoms with E-state index < -0.39 is 29.3 Å². The summed E-state index contributed by atoms with van der Waals surface area (Å²) < 4.78 is 4.75. The molecule has 24 heavy (non-hydrogen) atoms. The van der Waals surface area contributed by atoms with Crippen LogP contribution in [0.1, 0.15) is 25.6 Å². The number of thiophene rings is 1. The van der Waals surface area contributed by atoms with E-state index in [9.17, 15) is 24.5 Å². The average molecular weight is 348 g/mol. The van der Waals surface area contributed by atoms with E-state index in [0.717, 1.165) is 11.3 Å². The Labute approximate surface area is 140 Å². The highest BCUT2D eigenvalue weighted by Gasteiger charge is 2.24. The van der Waals surface area contributed by atoms with Gasteiger partial charge in [-0.3, -0.25) is 25.0 Å². The first-order valence-corrected chi connectivity index (χ1v) is 7.57. The van der Waals surface area contributed by atoms with E-state index in [0.29, 0.717) is 10.4 Å². The molecular formula is C15H12N2O6S. The molecule has 0 aliphatic heterocycles. The zero-order valence-electron chi connectivity index (χ0n) is 12.5. The predicted molar refractivity (Wildman–Crippen MR) is 84.9 cm³/mol. The topological polar surface area (TPSA) is 116 Å². The van der Waals surface area contributed by atoms with E-state index in [1.165, 1.54) is 31.2 Å². The Morgan fingerprint density at radius 3 is 2.62 bits per heavy atom. The fraction of sp³-hybridized carbons (Fsp3) is 0.133. The van der Waals surface area contributed by atoms with Crippen molar-refractivity contribution in [2.24, 2.45) is 0 Å². The fourth-order valence-corrected chi connectivity index (χ4v) is 2.53. The lowest BCUT2D eigenvalue weighted by molar-refractivity contribution is -0.385. The van der Waals surface area contributed by atoms with Gasteiger partial charge < -0.3 is 4.74 Å². The van der Waals surface area contributed by atoms with Crippen molar-refractivity contribution in [1.82, 2.24) is 5.32 Å². The molecule has 0 spiro atoms. The van der Waals surface area contributed by atoms with E-state index in [4.69, 9.17) is 4.74 Å². The number of amides is 2. The molecule has 0 unspecified atom stereocenters. The summed E-state index contributed by atoms with van der Waals surface area (Å²) in [5, 5.41) is 14.8. The number of nitro benzene ring substituents is 1. The van der Waals surface area contributed by atoms with Crippen LogP contribution >= 0.6 is 11.3 Å². The van der Waals surface area contributed by atoms with Crippen molar-refractivity contribution in [2.75, 3.05) is 6.61 Å². The summed E-state index contributed by atoms with van der Waals surface area (Å²) in [7, 11) is 0. The zero-order valence-corrected chi connectivity index (χ0v) is 13.3. The highest BCUT2D eigenvalue weighted by atomic mass is 32.1. The fourth-order valence-electron chi connectivity index (χ4n) is 1.91. The molecule has 1 heterocycles. The summed E-state index contributed by atoms with van der Waals surface area (Å²) in [5.74, 6) is -2.44. The maximum atomic E-state index is 12.0. The van der Waals surface area contributed by atoms with Crippen LogP contribution in [-0.2, 0) is 9.53 Å². The van der Waals surface area contributed by atoms with E-state index in [1.54, 1.807) is 11.4 Å². The Kier molecular flexibility index (Phi) is 5.38. The minimum Gasteiger partial charge on any atom is -0.452 e. The van der Waals surface area contributed by atoms with Gasteiger partial charge in [0.2, 0.25) is 0 Å². The SMILES string of the molecule is Cc1cccc(C(=O)OCC(=O)NC(=O)c2cccs2)c1[N+](=O)[O-]. The number of para-hydroxylation sites is 1. The molecule has 2 rings (SSSR count). The number of nitro groups is 1. The lowest BCUT2D eigenvalue weighted by atomic mass is 10.1. The average Bonchev–Trinajstić information content (AvgIpc) is 3.06. The lowest BCUT2D eigenvalue weighted by Crippen LogP contribution is -2.33. The molecule has 1 aromatic heterocycles. The zero-order chi connectivity index (χ0) is 17.7. The number of carbonyl (C=O) groups excluding carboxylic acids is 3. The second-order valence-electron chi connectivity index (χ2n) is 4.66. The number of nitrogens with zero attached hydrogens (tertiary/aromatic N) is 1. The van der Waals surface area contributed by atoms with Gasteiger partial charge in [-0.05, 0) is 24.4 Å². The Morgan fingerprint density at radius 2 is 2.00 bits per heavy atom. The number of nitrogens with one attached hydrogen (secondary N) is 1. The number of rotatable bonds is 5. The van der Waals surface area contributed by atoms with Crippen LogP contribution in [0.5, 0.6) is 0 Å². The molecule has 0 radical (unpaired) electrons. The lowest BCUT2D eigenvalue weighted by Gasteiger charge is -2.06. The Bertz CT molecular complexity index is 800. The first-order valence-electron chi connectivity index (χ1n) is 6.69. The third kappa shape index (κ3) is 4.02. The molecule has 1 N–H and O–H groups in total. The summed E-state index contributed by atoms with van der Waals surface area (Å²) in [5.41, 5.74) is -0.332. The van der Waals surface area contributed by atoms with Crippen molar-refractivity contribution in [1.29, 1.82) is 0 Å². The summed E-state index contributed by atoms with van der Waals surface area (Å²) in [4.78, 5) is 45.9. The number of esters is 1. The highest BCUT2D eigenvalue weighted by molar-refractivity contribution is 7.12. The van der Waals surface area contributed by atoms with Crippen molar-refractivity contribution < 1.29 is 24.0 Å². The number of imide groups is 1.